The van der Waals surface area contributed by atoms with Gasteiger partial charge in [-0.1, -0.05) is 41.9 Å². The molecule has 33 heavy (non-hydrogen) atoms. The molecule has 0 aliphatic carbocycles. The van der Waals surface area contributed by atoms with E-state index in [1.807, 2.05) is 18.2 Å². The Kier molecular flexibility index (Phi) is 8.97. The number of para-hydroxylation sites is 1. The lowest BCUT2D eigenvalue weighted by Gasteiger charge is -2.10. The number of hydrogen-bond donors (Lipinski definition) is 2. The van der Waals surface area contributed by atoms with E-state index in [1.165, 1.54) is 24.4 Å². The van der Waals surface area contributed by atoms with Crippen LogP contribution >= 0.6 is 27.5 Å². The molecule has 0 heterocycles. The summed E-state index contributed by atoms with van der Waals surface area (Å²) in [5.74, 6) is -0.799. The van der Waals surface area contributed by atoms with E-state index in [1.54, 1.807) is 30.3 Å². The van der Waals surface area contributed by atoms with Crippen LogP contribution in [0.2, 0.25) is 5.02 Å². The van der Waals surface area contributed by atoms with Crippen LogP contribution < -0.4 is 15.5 Å². The van der Waals surface area contributed by atoms with E-state index in [-0.39, 0.29) is 18.5 Å². The fourth-order valence-electron chi connectivity index (χ4n) is 2.72. The first kappa shape index (κ1) is 24.4. The van der Waals surface area contributed by atoms with E-state index in [9.17, 15) is 14.0 Å². The molecule has 0 saturated carbocycles. The van der Waals surface area contributed by atoms with Gasteiger partial charge >= 0.3 is 0 Å². The maximum absolute atomic E-state index is 13.5. The van der Waals surface area contributed by atoms with Crippen molar-refractivity contribution in [3.63, 3.8) is 0 Å². The Balaban J connectivity index is 1.44. The van der Waals surface area contributed by atoms with Gasteiger partial charge in [-0.05, 0) is 57.9 Å². The summed E-state index contributed by atoms with van der Waals surface area (Å²) in [7, 11) is 0. The van der Waals surface area contributed by atoms with Crippen molar-refractivity contribution >= 4 is 51.2 Å². The fourth-order valence-corrected chi connectivity index (χ4v) is 3.42. The first-order valence-electron chi connectivity index (χ1n) is 9.94. The van der Waals surface area contributed by atoms with Crippen LogP contribution in [0.25, 0.3) is 0 Å². The number of hydrogen-bond acceptors (Lipinski definition) is 4. The molecule has 0 aliphatic heterocycles. The molecule has 0 aliphatic rings. The second kappa shape index (κ2) is 12.1. The Morgan fingerprint density at radius 2 is 1.76 bits per heavy atom. The minimum absolute atomic E-state index is 0.0748. The fraction of sp³-hybridized carbons (Fsp3) is 0.125. The van der Waals surface area contributed by atoms with Crippen LogP contribution in [0.3, 0.4) is 0 Å². The average molecular weight is 533 g/mol. The van der Waals surface area contributed by atoms with Crippen LogP contribution in [0.1, 0.15) is 24.0 Å². The zero-order valence-corrected chi connectivity index (χ0v) is 19.7. The molecule has 0 aromatic heterocycles. The van der Waals surface area contributed by atoms with E-state index < -0.39 is 17.6 Å². The SMILES string of the molecule is O=C(CCC(=O)Nc1ccccc1F)NN=Cc1ccc(OCc2ccccc2Cl)c(Br)c1. The number of rotatable bonds is 9. The largest absolute Gasteiger partial charge is 0.488 e. The van der Waals surface area contributed by atoms with Crippen molar-refractivity contribution in [3.05, 3.63) is 93.2 Å². The van der Waals surface area contributed by atoms with Gasteiger partial charge in [0, 0.05) is 23.4 Å². The molecule has 3 aromatic rings. The van der Waals surface area contributed by atoms with E-state index in [0.717, 1.165) is 15.6 Å². The summed E-state index contributed by atoms with van der Waals surface area (Å²) in [4.78, 5) is 23.8. The maximum atomic E-state index is 13.5. The molecular formula is C24H20BrClFN3O3. The highest BCUT2D eigenvalue weighted by Gasteiger charge is 2.09. The molecule has 6 nitrogen and oxygen atoms in total. The highest BCUT2D eigenvalue weighted by Crippen LogP contribution is 2.27. The summed E-state index contributed by atoms with van der Waals surface area (Å²) in [5, 5.41) is 6.96. The number of benzene rings is 3. The Bertz CT molecular complexity index is 1170. The number of anilines is 1. The number of nitrogens with one attached hydrogen (secondary N) is 2. The number of ether oxygens (including phenoxy) is 1. The van der Waals surface area contributed by atoms with E-state index in [0.29, 0.717) is 17.4 Å². The van der Waals surface area contributed by atoms with Gasteiger partial charge in [-0.2, -0.15) is 5.10 Å². The first-order chi connectivity index (χ1) is 15.9. The number of carbonyl (C=O) groups excluding carboxylic acids is 2. The Morgan fingerprint density at radius 1 is 1.03 bits per heavy atom. The summed E-state index contributed by atoms with van der Waals surface area (Å²) in [6.07, 6.45) is 1.29. The summed E-state index contributed by atoms with van der Waals surface area (Å²) in [6, 6.07) is 18.6. The average Bonchev–Trinajstić information content (AvgIpc) is 2.80. The van der Waals surface area contributed by atoms with Gasteiger partial charge in [-0.15, -0.1) is 0 Å². The lowest BCUT2D eigenvalue weighted by Crippen LogP contribution is -2.20. The summed E-state index contributed by atoms with van der Waals surface area (Å²) in [6.45, 7) is 0.326. The van der Waals surface area contributed by atoms with Gasteiger partial charge in [-0.3, -0.25) is 9.59 Å². The highest BCUT2D eigenvalue weighted by molar-refractivity contribution is 9.10. The van der Waals surface area contributed by atoms with Crippen LogP contribution in [0.15, 0.2) is 76.3 Å². The van der Waals surface area contributed by atoms with Crippen LogP contribution in [-0.4, -0.2) is 18.0 Å². The molecule has 2 amide bonds. The topological polar surface area (TPSA) is 79.8 Å². The molecular weight excluding hydrogens is 513 g/mol. The van der Waals surface area contributed by atoms with Gasteiger partial charge < -0.3 is 10.1 Å². The normalized spacial score (nSPS) is 10.8. The Labute approximate surface area is 203 Å². The third-order valence-corrected chi connectivity index (χ3v) is 5.42. The zero-order valence-electron chi connectivity index (χ0n) is 17.4. The summed E-state index contributed by atoms with van der Waals surface area (Å²) >= 11 is 9.59. The molecule has 0 bridgehead atoms. The zero-order chi connectivity index (χ0) is 23.6. The van der Waals surface area contributed by atoms with Crippen molar-refractivity contribution in [2.24, 2.45) is 5.10 Å². The molecule has 3 aromatic carbocycles. The number of nitrogens with zero attached hydrogens (tertiary/aromatic N) is 1. The van der Waals surface area contributed by atoms with E-state index in [2.05, 4.69) is 31.8 Å². The minimum Gasteiger partial charge on any atom is -0.488 e. The second-order valence-corrected chi connectivity index (χ2v) is 8.15. The number of carbonyl (C=O) groups is 2. The van der Waals surface area contributed by atoms with Crippen molar-refractivity contribution in [1.29, 1.82) is 0 Å². The van der Waals surface area contributed by atoms with Gasteiger partial charge in [0.2, 0.25) is 11.8 Å². The number of halogens is 3. The molecule has 0 unspecified atom stereocenters. The van der Waals surface area contributed by atoms with E-state index in [4.69, 9.17) is 16.3 Å². The predicted octanol–water partition coefficient (Wildman–Crippen LogP) is 5.69. The molecule has 170 valence electrons. The van der Waals surface area contributed by atoms with Crippen molar-refractivity contribution in [2.45, 2.75) is 19.4 Å². The van der Waals surface area contributed by atoms with Crippen LogP contribution in [0.5, 0.6) is 5.75 Å². The predicted molar refractivity (Wildman–Crippen MR) is 130 cm³/mol. The second-order valence-electron chi connectivity index (χ2n) is 6.89. The van der Waals surface area contributed by atoms with Crippen LogP contribution in [0, 0.1) is 5.82 Å². The quantitative estimate of drug-likeness (QED) is 0.274. The smallest absolute Gasteiger partial charge is 0.240 e. The Hall–Kier alpha value is -3.23. The monoisotopic (exact) mass is 531 g/mol. The molecule has 0 spiro atoms. The third-order valence-electron chi connectivity index (χ3n) is 4.43. The molecule has 9 heteroatoms. The summed E-state index contributed by atoms with van der Waals surface area (Å²) < 4.78 is 20.1. The highest BCUT2D eigenvalue weighted by atomic mass is 79.9. The van der Waals surface area contributed by atoms with Crippen molar-refractivity contribution in [1.82, 2.24) is 5.43 Å². The molecule has 2 N–H and O–H groups in total. The van der Waals surface area contributed by atoms with E-state index >= 15 is 0 Å². The van der Waals surface area contributed by atoms with Gasteiger partial charge in [0.25, 0.3) is 0 Å². The molecule has 0 fully saturated rings. The van der Waals surface area contributed by atoms with Crippen molar-refractivity contribution < 1.29 is 18.7 Å². The molecule has 0 radical (unpaired) electrons. The number of amides is 2. The van der Waals surface area contributed by atoms with Gasteiger partial charge in [0.1, 0.15) is 18.2 Å². The van der Waals surface area contributed by atoms with Crippen molar-refractivity contribution in [2.75, 3.05) is 5.32 Å². The Morgan fingerprint density at radius 3 is 2.52 bits per heavy atom. The molecule has 0 saturated heterocycles. The lowest BCUT2D eigenvalue weighted by atomic mass is 10.2. The minimum atomic E-state index is -0.536. The standard InChI is InChI=1S/C24H20BrClFN3O3/c25-18-13-16(9-10-22(18)33-15-17-5-1-2-6-19(17)26)14-28-30-24(32)12-11-23(31)29-21-8-4-3-7-20(21)27/h1-10,13-14H,11-12,15H2,(H,29,31)(H,30,32). The molecule has 3 rings (SSSR count). The molecule has 0 atom stereocenters. The van der Waals surface area contributed by atoms with Gasteiger partial charge in [0.05, 0.1) is 16.4 Å². The number of hydrazone groups is 1. The van der Waals surface area contributed by atoms with Crippen LogP contribution in [-0.2, 0) is 16.2 Å². The maximum Gasteiger partial charge on any atom is 0.240 e. The van der Waals surface area contributed by atoms with Crippen LogP contribution in [0.4, 0.5) is 10.1 Å². The van der Waals surface area contributed by atoms with Crippen molar-refractivity contribution in [3.8, 4) is 5.75 Å². The third kappa shape index (κ3) is 7.69. The van der Waals surface area contributed by atoms with Gasteiger partial charge in [-0.25, -0.2) is 9.82 Å². The lowest BCUT2D eigenvalue weighted by molar-refractivity contribution is -0.124. The summed E-state index contributed by atoms with van der Waals surface area (Å²) in [5.41, 5.74) is 4.04. The first-order valence-corrected chi connectivity index (χ1v) is 11.1. The van der Waals surface area contributed by atoms with Gasteiger partial charge in [0.15, 0.2) is 0 Å².